The molecule has 1 aliphatic carbocycles. The largest absolute Gasteiger partial charge is 0.493 e. The van der Waals surface area contributed by atoms with E-state index in [9.17, 15) is 4.79 Å². The Balaban J connectivity index is 1.51. The van der Waals surface area contributed by atoms with E-state index < -0.39 is 0 Å². The summed E-state index contributed by atoms with van der Waals surface area (Å²) in [4.78, 5) is 16.0. The first-order valence-corrected chi connectivity index (χ1v) is 14.3. The first kappa shape index (κ1) is 25.7. The van der Waals surface area contributed by atoms with Gasteiger partial charge < -0.3 is 4.74 Å². The molecule has 0 unspecified atom stereocenters. The van der Waals surface area contributed by atoms with Gasteiger partial charge >= 0.3 is 0 Å². The third kappa shape index (κ3) is 5.68. The highest BCUT2D eigenvalue weighted by atomic mass is 32.2. The number of thiocarbonyl (C=S) groups is 1. The maximum Gasteiger partial charge on any atom is 0.266 e. The molecule has 0 atom stereocenters. The van der Waals surface area contributed by atoms with Crippen LogP contribution in [0.4, 0.5) is 0 Å². The zero-order valence-corrected chi connectivity index (χ0v) is 23.3. The van der Waals surface area contributed by atoms with Gasteiger partial charge in [-0.25, -0.2) is 4.68 Å². The summed E-state index contributed by atoms with van der Waals surface area (Å²) in [7, 11) is 0. The highest BCUT2D eigenvalue weighted by Gasteiger charge is 2.37. The van der Waals surface area contributed by atoms with Gasteiger partial charge in [0.05, 0.1) is 17.2 Å². The van der Waals surface area contributed by atoms with E-state index in [1.165, 1.54) is 18.2 Å². The number of para-hydroxylation sites is 1. The number of aromatic nitrogens is 2. The maximum absolute atomic E-state index is 13.5. The van der Waals surface area contributed by atoms with E-state index in [4.69, 9.17) is 22.1 Å². The third-order valence-electron chi connectivity index (χ3n) is 6.83. The van der Waals surface area contributed by atoms with Gasteiger partial charge in [0.2, 0.25) is 0 Å². The van der Waals surface area contributed by atoms with Crippen LogP contribution < -0.4 is 4.74 Å². The number of carbonyl (C=O) groups excluding carboxylic acids is 1. The molecule has 0 N–H and O–H groups in total. The maximum atomic E-state index is 13.5. The highest BCUT2D eigenvalue weighted by molar-refractivity contribution is 8.26. The fraction of sp³-hybridized carbons (Fsp3) is 0.367. The van der Waals surface area contributed by atoms with Crippen molar-refractivity contribution in [3.8, 4) is 22.7 Å². The van der Waals surface area contributed by atoms with Gasteiger partial charge in [0.25, 0.3) is 5.91 Å². The van der Waals surface area contributed by atoms with Gasteiger partial charge in [-0.1, -0.05) is 75.3 Å². The lowest BCUT2D eigenvalue weighted by Crippen LogP contribution is -2.39. The summed E-state index contributed by atoms with van der Waals surface area (Å²) in [5.74, 6) is 1.36. The molecule has 5 nitrogen and oxygen atoms in total. The van der Waals surface area contributed by atoms with E-state index in [1.807, 2.05) is 64.3 Å². The van der Waals surface area contributed by atoms with Gasteiger partial charge in [0, 0.05) is 23.4 Å². The van der Waals surface area contributed by atoms with Crippen molar-refractivity contribution in [3.05, 3.63) is 70.8 Å². The Kier molecular flexibility index (Phi) is 7.81. The molecule has 0 radical (unpaired) electrons. The van der Waals surface area contributed by atoms with Gasteiger partial charge in [-0.05, 0) is 67.7 Å². The lowest BCUT2D eigenvalue weighted by Gasteiger charge is -2.29. The molecule has 192 valence electrons. The number of hydrogen-bond acceptors (Lipinski definition) is 5. The number of rotatable bonds is 7. The summed E-state index contributed by atoms with van der Waals surface area (Å²) in [6, 6.07) is 16.4. The summed E-state index contributed by atoms with van der Waals surface area (Å²) >= 11 is 7.07. The minimum atomic E-state index is 0.0222. The van der Waals surface area contributed by atoms with Crippen molar-refractivity contribution < 1.29 is 9.53 Å². The van der Waals surface area contributed by atoms with Crippen molar-refractivity contribution in [2.24, 2.45) is 5.92 Å². The standard InChI is InChI=1S/C30H33N3O2S2/c1-20(2)19-35-26-15-14-22(16-21(26)3)28-23(18-32(31-28)24-10-6-4-7-11-24)17-27-29(34)33(30(36)37-27)25-12-8-5-9-13-25/h4,6-7,10-11,14-18,20,25H,5,8-9,12-13,19H2,1-3H3/b27-17+. The smallest absolute Gasteiger partial charge is 0.266 e. The monoisotopic (exact) mass is 531 g/mol. The third-order valence-corrected chi connectivity index (χ3v) is 8.16. The van der Waals surface area contributed by atoms with Crippen LogP contribution >= 0.6 is 24.0 Å². The van der Waals surface area contributed by atoms with Crippen LogP contribution in [0.15, 0.2) is 59.6 Å². The Labute approximate surface area is 228 Å². The zero-order valence-electron chi connectivity index (χ0n) is 21.6. The van der Waals surface area contributed by atoms with Gasteiger partial charge in [-0.15, -0.1) is 0 Å². The molecule has 1 aromatic heterocycles. The number of benzene rings is 2. The molecule has 2 heterocycles. The van der Waals surface area contributed by atoms with Gasteiger partial charge in [-0.2, -0.15) is 5.10 Å². The Bertz CT molecular complexity index is 1320. The second-order valence-electron chi connectivity index (χ2n) is 10.2. The molecule has 1 saturated carbocycles. The van der Waals surface area contributed by atoms with Crippen molar-refractivity contribution >= 4 is 40.3 Å². The van der Waals surface area contributed by atoms with Crippen LogP contribution in [0, 0.1) is 12.8 Å². The summed E-state index contributed by atoms with van der Waals surface area (Å²) in [6.45, 7) is 7.02. The topological polar surface area (TPSA) is 47.4 Å². The average Bonchev–Trinajstić information content (AvgIpc) is 3.44. The molecule has 1 amide bonds. The van der Waals surface area contributed by atoms with E-state index in [0.29, 0.717) is 21.8 Å². The molecule has 3 aromatic rings. The molecular formula is C30H33N3O2S2. The molecule has 7 heteroatoms. The Hall–Kier alpha value is -2.90. The Morgan fingerprint density at radius 2 is 1.89 bits per heavy atom. The minimum Gasteiger partial charge on any atom is -0.493 e. The molecule has 0 bridgehead atoms. The molecular weight excluding hydrogens is 498 g/mol. The molecule has 5 rings (SSSR count). The number of aryl methyl sites for hydroxylation is 1. The minimum absolute atomic E-state index is 0.0222. The number of thioether (sulfide) groups is 1. The van der Waals surface area contributed by atoms with E-state index in [2.05, 4.69) is 26.8 Å². The predicted molar refractivity (Wildman–Crippen MR) is 156 cm³/mol. The van der Waals surface area contributed by atoms with Gasteiger partial charge in [0.1, 0.15) is 15.8 Å². The lowest BCUT2D eigenvalue weighted by atomic mass is 9.94. The van der Waals surface area contributed by atoms with Crippen molar-refractivity contribution in [1.29, 1.82) is 0 Å². The van der Waals surface area contributed by atoms with Crippen LogP contribution in [0.25, 0.3) is 23.0 Å². The first-order valence-electron chi connectivity index (χ1n) is 13.1. The first-order chi connectivity index (χ1) is 17.9. The van der Waals surface area contributed by atoms with Crippen LogP contribution in [-0.2, 0) is 4.79 Å². The Morgan fingerprint density at radius 3 is 2.59 bits per heavy atom. The lowest BCUT2D eigenvalue weighted by molar-refractivity contribution is -0.124. The van der Waals surface area contributed by atoms with Gasteiger partial charge in [-0.3, -0.25) is 9.69 Å². The fourth-order valence-electron chi connectivity index (χ4n) is 4.92. The van der Waals surface area contributed by atoms with Crippen LogP contribution in [-0.4, -0.2) is 37.6 Å². The van der Waals surface area contributed by atoms with Crippen molar-refractivity contribution in [2.75, 3.05) is 6.61 Å². The van der Waals surface area contributed by atoms with E-state index >= 15 is 0 Å². The molecule has 2 aromatic carbocycles. The van der Waals surface area contributed by atoms with Crippen LogP contribution in [0.1, 0.15) is 57.1 Å². The second kappa shape index (κ2) is 11.2. The van der Waals surface area contributed by atoms with E-state index in [1.54, 1.807) is 0 Å². The molecule has 2 aliphatic rings. The number of hydrogen-bond donors (Lipinski definition) is 0. The normalized spacial score (nSPS) is 17.8. The van der Waals surface area contributed by atoms with Crippen LogP contribution in [0.3, 0.4) is 0 Å². The van der Waals surface area contributed by atoms with E-state index in [0.717, 1.165) is 59.5 Å². The number of nitrogens with zero attached hydrogens (tertiary/aromatic N) is 3. The predicted octanol–water partition coefficient (Wildman–Crippen LogP) is 7.42. The quantitative estimate of drug-likeness (QED) is 0.235. The summed E-state index contributed by atoms with van der Waals surface area (Å²) < 4.78 is 8.54. The van der Waals surface area contributed by atoms with Crippen molar-refractivity contribution in [3.63, 3.8) is 0 Å². The van der Waals surface area contributed by atoms with Gasteiger partial charge in [0.15, 0.2) is 0 Å². The molecule has 1 saturated heterocycles. The number of ether oxygens (including phenoxy) is 1. The second-order valence-corrected chi connectivity index (χ2v) is 11.9. The number of amides is 1. The fourth-order valence-corrected chi connectivity index (χ4v) is 6.31. The molecule has 1 aliphatic heterocycles. The highest BCUT2D eigenvalue weighted by Crippen LogP contribution is 2.39. The van der Waals surface area contributed by atoms with Crippen LogP contribution in [0.2, 0.25) is 0 Å². The van der Waals surface area contributed by atoms with E-state index in [-0.39, 0.29) is 11.9 Å². The summed E-state index contributed by atoms with van der Waals surface area (Å²) in [5, 5.41) is 4.95. The zero-order chi connectivity index (χ0) is 25.9. The molecule has 0 spiro atoms. The molecule has 2 fully saturated rings. The van der Waals surface area contributed by atoms with Crippen molar-refractivity contribution in [2.45, 2.75) is 58.9 Å². The Morgan fingerprint density at radius 1 is 1.14 bits per heavy atom. The van der Waals surface area contributed by atoms with Crippen LogP contribution in [0.5, 0.6) is 5.75 Å². The molecule has 37 heavy (non-hydrogen) atoms. The average molecular weight is 532 g/mol. The summed E-state index contributed by atoms with van der Waals surface area (Å²) in [5.41, 5.74) is 4.72. The number of carbonyl (C=O) groups is 1. The SMILES string of the molecule is Cc1cc(-c2nn(-c3ccccc3)cc2/C=C2/SC(=S)N(C3CCCCC3)C2=O)ccc1OCC(C)C. The van der Waals surface area contributed by atoms with Crippen molar-refractivity contribution in [1.82, 2.24) is 14.7 Å². The summed E-state index contributed by atoms with van der Waals surface area (Å²) in [6.07, 6.45) is 9.57.